The van der Waals surface area contributed by atoms with Crippen molar-refractivity contribution in [1.29, 1.82) is 0 Å². The molecule has 0 spiro atoms. The predicted octanol–water partition coefficient (Wildman–Crippen LogP) is 5.00. The third kappa shape index (κ3) is 3.83. The Kier molecular flexibility index (Phi) is 5.25. The SMILES string of the molecule is O=C(Nc1cc(Cl)ccc1Cl)c1cccc(S(=O)(=O)N2CCc3ccccc32)c1. The summed E-state index contributed by atoms with van der Waals surface area (Å²) in [5.41, 5.74) is 2.22. The number of halogens is 2. The molecular formula is C21H16Cl2N2O3S. The third-order valence-corrected chi connectivity index (χ3v) is 7.08. The Morgan fingerprint density at radius 3 is 2.59 bits per heavy atom. The fourth-order valence-corrected chi connectivity index (χ4v) is 5.16. The molecule has 3 aromatic rings. The molecule has 0 radical (unpaired) electrons. The summed E-state index contributed by atoms with van der Waals surface area (Å²) < 4.78 is 27.8. The summed E-state index contributed by atoms with van der Waals surface area (Å²) in [4.78, 5) is 12.7. The zero-order valence-corrected chi connectivity index (χ0v) is 17.4. The minimum absolute atomic E-state index is 0.0547. The van der Waals surface area contributed by atoms with E-state index >= 15 is 0 Å². The summed E-state index contributed by atoms with van der Waals surface area (Å²) in [6, 6.07) is 18.1. The van der Waals surface area contributed by atoms with E-state index in [1.807, 2.05) is 18.2 Å². The van der Waals surface area contributed by atoms with Crippen LogP contribution >= 0.6 is 23.2 Å². The molecule has 29 heavy (non-hydrogen) atoms. The van der Waals surface area contributed by atoms with E-state index < -0.39 is 15.9 Å². The Labute approximate surface area is 178 Å². The van der Waals surface area contributed by atoms with Crippen molar-refractivity contribution in [1.82, 2.24) is 0 Å². The molecule has 0 atom stereocenters. The van der Waals surface area contributed by atoms with Gasteiger partial charge < -0.3 is 5.32 Å². The minimum atomic E-state index is -3.79. The van der Waals surface area contributed by atoms with Crippen LogP contribution in [0.2, 0.25) is 10.0 Å². The average Bonchev–Trinajstić information content (AvgIpc) is 3.16. The second-order valence-corrected chi connectivity index (χ2v) is 9.27. The smallest absolute Gasteiger partial charge is 0.264 e. The number of sulfonamides is 1. The van der Waals surface area contributed by atoms with Crippen molar-refractivity contribution in [3.63, 3.8) is 0 Å². The van der Waals surface area contributed by atoms with Crippen LogP contribution in [-0.4, -0.2) is 20.9 Å². The molecule has 4 rings (SSSR count). The van der Waals surface area contributed by atoms with Crippen molar-refractivity contribution >= 4 is 50.5 Å². The van der Waals surface area contributed by atoms with E-state index in [9.17, 15) is 13.2 Å². The molecular weight excluding hydrogens is 431 g/mol. The van der Waals surface area contributed by atoms with Crippen molar-refractivity contribution in [3.8, 4) is 0 Å². The number of carbonyl (C=O) groups is 1. The Morgan fingerprint density at radius 1 is 0.966 bits per heavy atom. The molecule has 1 aliphatic heterocycles. The number of nitrogens with zero attached hydrogens (tertiary/aromatic N) is 1. The molecule has 1 amide bonds. The summed E-state index contributed by atoms with van der Waals surface area (Å²) in [5, 5.41) is 3.43. The lowest BCUT2D eigenvalue weighted by molar-refractivity contribution is 0.102. The zero-order valence-electron chi connectivity index (χ0n) is 15.1. The van der Waals surface area contributed by atoms with Gasteiger partial charge >= 0.3 is 0 Å². The van der Waals surface area contributed by atoms with Crippen LogP contribution in [0.1, 0.15) is 15.9 Å². The van der Waals surface area contributed by atoms with Gasteiger partial charge in [0.05, 0.1) is 21.3 Å². The van der Waals surface area contributed by atoms with Crippen molar-refractivity contribution in [2.45, 2.75) is 11.3 Å². The lowest BCUT2D eigenvalue weighted by Gasteiger charge is -2.20. The summed E-state index contributed by atoms with van der Waals surface area (Å²) in [5.74, 6) is -0.479. The molecule has 0 saturated carbocycles. The monoisotopic (exact) mass is 446 g/mol. The van der Waals surface area contributed by atoms with E-state index in [2.05, 4.69) is 5.32 Å². The second kappa shape index (κ2) is 7.71. The largest absolute Gasteiger partial charge is 0.321 e. The zero-order chi connectivity index (χ0) is 20.6. The molecule has 1 N–H and O–H groups in total. The molecule has 0 saturated heterocycles. The fourth-order valence-electron chi connectivity index (χ4n) is 3.27. The van der Waals surface area contributed by atoms with E-state index in [-0.39, 0.29) is 10.5 Å². The van der Waals surface area contributed by atoms with Gasteiger partial charge in [0.1, 0.15) is 0 Å². The summed E-state index contributed by atoms with van der Waals surface area (Å²) in [6.07, 6.45) is 0.656. The molecule has 1 aliphatic rings. The van der Waals surface area contributed by atoms with Gasteiger partial charge in [-0.15, -0.1) is 0 Å². The fraction of sp³-hybridized carbons (Fsp3) is 0.0952. The molecule has 148 valence electrons. The molecule has 0 unspecified atom stereocenters. The van der Waals surface area contributed by atoms with Gasteiger partial charge in [-0.05, 0) is 54.4 Å². The van der Waals surface area contributed by atoms with E-state index in [0.29, 0.717) is 34.4 Å². The number of para-hydroxylation sites is 1. The normalized spacial score (nSPS) is 13.2. The highest BCUT2D eigenvalue weighted by atomic mass is 35.5. The first kappa shape index (κ1) is 19.8. The summed E-state index contributed by atoms with van der Waals surface area (Å²) >= 11 is 12.0. The van der Waals surface area contributed by atoms with Crippen LogP contribution in [0.4, 0.5) is 11.4 Å². The Morgan fingerprint density at radius 2 is 1.76 bits per heavy atom. The number of rotatable bonds is 4. The Hall–Kier alpha value is -2.54. The van der Waals surface area contributed by atoms with Gasteiger partial charge in [-0.25, -0.2) is 8.42 Å². The number of hydrogen-bond acceptors (Lipinski definition) is 3. The van der Waals surface area contributed by atoms with Crippen LogP contribution in [0.15, 0.2) is 71.6 Å². The van der Waals surface area contributed by atoms with Crippen LogP contribution in [0, 0.1) is 0 Å². The third-order valence-electron chi connectivity index (χ3n) is 4.71. The van der Waals surface area contributed by atoms with E-state index in [1.54, 1.807) is 30.3 Å². The maximum Gasteiger partial charge on any atom is 0.264 e. The number of fused-ring (bicyclic) bond motifs is 1. The average molecular weight is 447 g/mol. The van der Waals surface area contributed by atoms with Crippen molar-refractivity contribution in [2.24, 2.45) is 0 Å². The van der Waals surface area contributed by atoms with Gasteiger partial charge in [0.25, 0.3) is 15.9 Å². The number of benzene rings is 3. The van der Waals surface area contributed by atoms with Crippen LogP contribution in [0.3, 0.4) is 0 Å². The second-order valence-electron chi connectivity index (χ2n) is 6.56. The number of amides is 1. The van der Waals surface area contributed by atoms with Gasteiger partial charge in [0, 0.05) is 17.1 Å². The highest BCUT2D eigenvalue weighted by Crippen LogP contribution is 2.33. The number of anilines is 2. The lowest BCUT2D eigenvalue weighted by atomic mass is 10.2. The molecule has 0 fully saturated rings. The highest BCUT2D eigenvalue weighted by Gasteiger charge is 2.31. The minimum Gasteiger partial charge on any atom is -0.321 e. The highest BCUT2D eigenvalue weighted by molar-refractivity contribution is 7.92. The molecule has 0 aliphatic carbocycles. The van der Waals surface area contributed by atoms with Crippen LogP contribution in [0.5, 0.6) is 0 Å². The standard InChI is InChI=1S/C21H16Cl2N2O3S/c22-16-8-9-18(23)19(13-16)24-21(26)15-5-3-6-17(12-15)29(27,28)25-11-10-14-4-1-2-7-20(14)25/h1-9,12-13H,10-11H2,(H,24,26). The van der Waals surface area contributed by atoms with Gasteiger partial charge in [-0.3, -0.25) is 9.10 Å². The van der Waals surface area contributed by atoms with Gasteiger partial charge in [0.15, 0.2) is 0 Å². The number of carbonyl (C=O) groups excluding carboxylic acids is 1. The van der Waals surface area contributed by atoms with Crippen LogP contribution in [-0.2, 0) is 16.4 Å². The summed E-state index contributed by atoms with van der Waals surface area (Å²) in [7, 11) is -3.79. The Bertz CT molecular complexity index is 1210. The topological polar surface area (TPSA) is 66.5 Å². The van der Waals surface area contributed by atoms with Gasteiger partial charge in [0.2, 0.25) is 0 Å². The van der Waals surface area contributed by atoms with Gasteiger partial charge in [-0.1, -0.05) is 47.5 Å². The quantitative estimate of drug-likeness (QED) is 0.613. The maximum atomic E-state index is 13.2. The van der Waals surface area contributed by atoms with E-state index in [0.717, 1.165) is 5.56 Å². The van der Waals surface area contributed by atoms with Crippen LogP contribution < -0.4 is 9.62 Å². The van der Waals surface area contributed by atoms with Gasteiger partial charge in [-0.2, -0.15) is 0 Å². The number of hydrogen-bond donors (Lipinski definition) is 1. The molecule has 3 aromatic carbocycles. The van der Waals surface area contributed by atoms with Crippen LogP contribution in [0.25, 0.3) is 0 Å². The van der Waals surface area contributed by atoms with E-state index in [4.69, 9.17) is 23.2 Å². The number of nitrogens with one attached hydrogen (secondary N) is 1. The molecule has 0 aromatic heterocycles. The first-order valence-electron chi connectivity index (χ1n) is 8.83. The van der Waals surface area contributed by atoms with Crippen molar-refractivity contribution < 1.29 is 13.2 Å². The lowest BCUT2D eigenvalue weighted by Crippen LogP contribution is -2.29. The molecule has 1 heterocycles. The van der Waals surface area contributed by atoms with Crippen molar-refractivity contribution in [3.05, 3.63) is 87.9 Å². The molecule has 8 heteroatoms. The van der Waals surface area contributed by atoms with E-state index in [1.165, 1.54) is 22.5 Å². The maximum absolute atomic E-state index is 13.2. The predicted molar refractivity (Wildman–Crippen MR) is 116 cm³/mol. The Balaban J connectivity index is 1.63. The molecule has 5 nitrogen and oxygen atoms in total. The molecule has 0 bridgehead atoms. The van der Waals surface area contributed by atoms with Crippen molar-refractivity contribution in [2.75, 3.05) is 16.2 Å². The summed E-state index contributed by atoms with van der Waals surface area (Å²) in [6.45, 7) is 0.371. The first-order valence-corrected chi connectivity index (χ1v) is 11.0. The first-order chi connectivity index (χ1) is 13.9.